The van der Waals surface area contributed by atoms with Crippen LogP contribution in [0.25, 0.3) is 22.3 Å². The van der Waals surface area contributed by atoms with Crippen LogP contribution in [0.15, 0.2) is 51.7 Å². The van der Waals surface area contributed by atoms with E-state index in [0.29, 0.717) is 28.8 Å². The summed E-state index contributed by atoms with van der Waals surface area (Å²) < 4.78 is 12.3. The van der Waals surface area contributed by atoms with E-state index in [4.69, 9.17) is 9.15 Å². The van der Waals surface area contributed by atoms with E-state index < -0.39 is 0 Å². The normalized spacial score (nSPS) is 11.1. The number of hydrogen-bond acceptors (Lipinski definition) is 3. The fraction of sp³-hybridized carbons (Fsp3) is 0.318. The Labute approximate surface area is 166 Å². The molecule has 5 heteroatoms. The number of rotatable bonds is 5. The highest BCUT2D eigenvalue weighted by Crippen LogP contribution is 2.31. The Morgan fingerprint density at radius 2 is 1.74 bits per heavy atom. The SMILES string of the molecule is Cc1c(-c2ccccc2)oc2c(C[NH+](C)C)c(OC(C)C)ccc2c1=O.[Cl-]. The van der Waals surface area contributed by atoms with Crippen molar-refractivity contribution in [1.29, 1.82) is 0 Å². The van der Waals surface area contributed by atoms with Crippen molar-refractivity contribution < 1.29 is 26.5 Å². The maximum atomic E-state index is 13.0. The summed E-state index contributed by atoms with van der Waals surface area (Å²) >= 11 is 0. The van der Waals surface area contributed by atoms with Crippen molar-refractivity contribution in [1.82, 2.24) is 0 Å². The molecule has 0 bridgehead atoms. The molecule has 0 aliphatic carbocycles. The van der Waals surface area contributed by atoms with Crippen LogP contribution in [0.5, 0.6) is 5.75 Å². The highest BCUT2D eigenvalue weighted by Gasteiger charge is 2.20. The fourth-order valence-electron chi connectivity index (χ4n) is 3.14. The van der Waals surface area contributed by atoms with Gasteiger partial charge in [-0.15, -0.1) is 0 Å². The van der Waals surface area contributed by atoms with Gasteiger partial charge in [-0.3, -0.25) is 4.79 Å². The molecular weight excluding hydrogens is 362 g/mol. The number of benzene rings is 2. The van der Waals surface area contributed by atoms with Crippen molar-refractivity contribution in [2.45, 2.75) is 33.4 Å². The molecule has 2 aromatic carbocycles. The second-order valence-corrected chi connectivity index (χ2v) is 7.22. The van der Waals surface area contributed by atoms with Gasteiger partial charge in [0.25, 0.3) is 0 Å². The summed E-state index contributed by atoms with van der Waals surface area (Å²) in [4.78, 5) is 14.2. The van der Waals surface area contributed by atoms with Gasteiger partial charge in [0.2, 0.25) is 0 Å². The van der Waals surface area contributed by atoms with Crippen LogP contribution in [0.3, 0.4) is 0 Å². The second-order valence-electron chi connectivity index (χ2n) is 7.22. The minimum atomic E-state index is 0. The molecule has 0 unspecified atom stereocenters. The van der Waals surface area contributed by atoms with Gasteiger partial charge in [-0.25, -0.2) is 0 Å². The van der Waals surface area contributed by atoms with Crippen molar-refractivity contribution in [3.8, 4) is 17.1 Å². The lowest BCUT2D eigenvalue weighted by molar-refractivity contribution is -0.872. The molecule has 3 rings (SSSR count). The second kappa shape index (κ2) is 8.59. The number of halogens is 1. The Hall–Kier alpha value is -2.30. The van der Waals surface area contributed by atoms with E-state index in [1.165, 1.54) is 4.90 Å². The largest absolute Gasteiger partial charge is 1.00 e. The van der Waals surface area contributed by atoms with Crippen LogP contribution in [0.2, 0.25) is 0 Å². The Balaban J connectivity index is 0.00000261. The molecule has 0 atom stereocenters. The molecule has 0 aliphatic rings. The van der Waals surface area contributed by atoms with E-state index in [2.05, 4.69) is 14.1 Å². The highest BCUT2D eigenvalue weighted by atomic mass is 35.5. The topological polar surface area (TPSA) is 43.9 Å². The molecule has 4 nitrogen and oxygen atoms in total. The van der Waals surface area contributed by atoms with Gasteiger partial charge in [-0.1, -0.05) is 30.3 Å². The molecule has 0 spiro atoms. The van der Waals surface area contributed by atoms with E-state index in [1.54, 1.807) is 0 Å². The molecule has 27 heavy (non-hydrogen) atoms. The lowest BCUT2D eigenvalue weighted by atomic mass is 10.0. The zero-order valence-electron chi connectivity index (χ0n) is 16.4. The molecule has 144 valence electrons. The predicted octanol–water partition coefficient (Wildman–Crippen LogP) is 0.204. The van der Waals surface area contributed by atoms with Crippen molar-refractivity contribution >= 4 is 11.0 Å². The summed E-state index contributed by atoms with van der Waals surface area (Å²) in [5.74, 6) is 1.40. The third-order valence-corrected chi connectivity index (χ3v) is 4.28. The van der Waals surface area contributed by atoms with Crippen LogP contribution < -0.4 is 27.5 Å². The standard InChI is InChI=1S/C22H25NO3.ClH/c1-14(2)25-19-12-11-17-20(24)15(3)21(16-9-7-6-8-10-16)26-22(17)18(19)13-23(4)5;/h6-12,14H,13H2,1-5H3;1H. The molecule has 0 amide bonds. The van der Waals surface area contributed by atoms with Gasteiger partial charge in [0.15, 0.2) is 11.0 Å². The van der Waals surface area contributed by atoms with Gasteiger partial charge >= 0.3 is 0 Å². The lowest BCUT2D eigenvalue weighted by Crippen LogP contribution is -3.04. The molecule has 0 saturated heterocycles. The smallest absolute Gasteiger partial charge is 0.196 e. The molecule has 3 aromatic rings. The van der Waals surface area contributed by atoms with Crippen molar-refractivity contribution in [3.05, 3.63) is 63.8 Å². The number of ether oxygens (including phenoxy) is 1. The molecule has 0 aliphatic heterocycles. The van der Waals surface area contributed by atoms with Crippen LogP contribution >= 0.6 is 0 Å². The van der Waals surface area contributed by atoms with Crippen LogP contribution in [0, 0.1) is 6.92 Å². The van der Waals surface area contributed by atoms with E-state index in [0.717, 1.165) is 16.9 Å². The Morgan fingerprint density at radius 3 is 2.33 bits per heavy atom. The third kappa shape index (κ3) is 4.34. The number of quaternary nitrogens is 1. The molecule has 1 heterocycles. The fourth-order valence-corrected chi connectivity index (χ4v) is 3.14. The Kier molecular flexibility index (Phi) is 6.68. The average Bonchev–Trinajstić information content (AvgIpc) is 2.60. The molecule has 0 fully saturated rings. The van der Waals surface area contributed by atoms with Gasteiger partial charge in [0.05, 0.1) is 31.1 Å². The first-order chi connectivity index (χ1) is 12.4. The van der Waals surface area contributed by atoms with Crippen molar-refractivity contribution in [2.24, 2.45) is 0 Å². The highest BCUT2D eigenvalue weighted by molar-refractivity contribution is 5.85. The summed E-state index contributed by atoms with van der Waals surface area (Å²) in [6.45, 7) is 6.52. The summed E-state index contributed by atoms with van der Waals surface area (Å²) in [6, 6.07) is 13.5. The van der Waals surface area contributed by atoms with E-state index in [1.807, 2.05) is 63.2 Å². The van der Waals surface area contributed by atoms with Gasteiger partial charge in [0.1, 0.15) is 18.1 Å². The molecule has 1 N–H and O–H groups in total. The molecule has 0 saturated carbocycles. The zero-order chi connectivity index (χ0) is 18.8. The minimum Gasteiger partial charge on any atom is -1.00 e. The van der Waals surface area contributed by atoms with Crippen LogP contribution in [0.4, 0.5) is 0 Å². The summed E-state index contributed by atoms with van der Waals surface area (Å²) in [5.41, 5.74) is 3.10. The molecular formula is C22H26ClNO3. The van der Waals surface area contributed by atoms with Crippen molar-refractivity contribution in [2.75, 3.05) is 14.1 Å². The maximum absolute atomic E-state index is 13.0. The van der Waals surface area contributed by atoms with E-state index in [9.17, 15) is 4.79 Å². The quantitative estimate of drug-likeness (QED) is 0.680. The Morgan fingerprint density at radius 1 is 1.07 bits per heavy atom. The Bertz CT molecular complexity index is 978. The summed E-state index contributed by atoms with van der Waals surface area (Å²) in [7, 11) is 4.14. The van der Waals surface area contributed by atoms with Gasteiger partial charge in [0, 0.05) is 11.1 Å². The van der Waals surface area contributed by atoms with Gasteiger partial charge in [-0.05, 0) is 32.9 Å². The average molecular weight is 388 g/mol. The van der Waals surface area contributed by atoms with Gasteiger partial charge < -0.3 is 26.5 Å². The van der Waals surface area contributed by atoms with Crippen molar-refractivity contribution in [3.63, 3.8) is 0 Å². The van der Waals surface area contributed by atoms with E-state index in [-0.39, 0.29) is 23.9 Å². The maximum Gasteiger partial charge on any atom is 0.196 e. The minimum absolute atomic E-state index is 0. The number of fused-ring (bicyclic) bond motifs is 1. The number of nitrogens with one attached hydrogen (secondary N) is 1. The summed E-state index contributed by atoms with van der Waals surface area (Å²) in [5, 5.41) is 0.606. The van der Waals surface area contributed by atoms with Crippen LogP contribution in [-0.4, -0.2) is 20.2 Å². The van der Waals surface area contributed by atoms with Crippen LogP contribution in [0.1, 0.15) is 25.0 Å². The first-order valence-electron chi connectivity index (χ1n) is 8.99. The van der Waals surface area contributed by atoms with Gasteiger partial charge in [-0.2, -0.15) is 0 Å². The van der Waals surface area contributed by atoms with Crippen LogP contribution in [-0.2, 0) is 6.54 Å². The first kappa shape index (κ1) is 21.0. The first-order valence-corrected chi connectivity index (χ1v) is 8.99. The zero-order valence-corrected chi connectivity index (χ0v) is 17.2. The van der Waals surface area contributed by atoms with E-state index >= 15 is 0 Å². The number of hydrogen-bond donors (Lipinski definition) is 1. The third-order valence-electron chi connectivity index (χ3n) is 4.28. The summed E-state index contributed by atoms with van der Waals surface area (Å²) in [6.07, 6.45) is 0.0501. The molecule has 0 radical (unpaired) electrons. The monoisotopic (exact) mass is 387 g/mol. The lowest BCUT2D eigenvalue weighted by Gasteiger charge is -2.18. The molecule has 1 aromatic heterocycles. The predicted molar refractivity (Wildman–Crippen MR) is 105 cm³/mol.